The van der Waals surface area contributed by atoms with E-state index >= 15 is 0 Å². The topological polar surface area (TPSA) is 36.4 Å². The van der Waals surface area contributed by atoms with Crippen molar-refractivity contribution < 1.29 is 5.11 Å². The monoisotopic (exact) mass is 324 g/mol. The van der Waals surface area contributed by atoms with Crippen LogP contribution in [0.25, 0.3) is 10.9 Å². The molecule has 0 unspecified atom stereocenters. The van der Waals surface area contributed by atoms with Crippen LogP contribution in [0.15, 0.2) is 48.5 Å². The van der Waals surface area contributed by atoms with Crippen molar-refractivity contribution in [1.82, 2.24) is 4.98 Å². The molecule has 0 spiro atoms. The molecule has 0 fully saturated rings. The highest BCUT2D eigenvalue weighted by Gasteiger charge is 2.17. The minimum absolute atomic E-state index is 0.315. The van der Waals surface area contributed by atoms with Crippen molar-refractivity contribution >= 4 is 28.3 Å². The van der Waals surface area contributed by atoms with Gasteiger partial charge in [0, 0.05) is 18.5 Å². The number of anilines is 1. The lowest BCUT2D eigenvalue weighted by Crippen LogP contribution is -2.23. The number of para-hydroxylation sites is 1. The van der Waals surface area contributed by atoms with E-state index in [1.807, 2.05) is 42.5 Å². The number of aromatic nitrogens is 1. The van der Waals surface area contributed by atoms with E-state index in [0.717, 1.165) is 53.2 Å². The van der Waals surface area contributed by atoms with Gasteiger partial charge in [0.25, 0.3) is 0 Å². The molecule has 2 heterocycles. The summed E-state index contributed by atoms with van der Waals surface area (Å²) in [6, 6.07) is 15.5. The van der Waals surface area contributed by atoms with Crippen molar-refractivity contribution in [2.75, 3.05) is 11.4 Å². The molecule has 4 heteroatoms. The molecule has 1 N–H and O–H groups in total. The van der Waals surface area contributed by atoms with E-state index in [1.54, 1.807) is 6.07 Å². The average molecular weight is 325 g/mol. The number of nitrogens with zero attached hydrogens (tertiary/aromatic N) is 2. The number of hydrogen-bond donors (Lipinski definition) is 1. The summed E-state index contributed by atoms with van der Waals surface area (Å²) in [5.41, 5.74) is 3.38. The van der Waals surface area contributed by atoms with Crippen LogP contribution >= 0.6 is 11.6 Å². The van der Waals surface area contributed by atoms with Gasteiger partial charge in [-0.2, -0.15) is 0 Å². The molecule has 3 aromatic rings. The summed E-state index contributed by atoms with van der Waals surface area (Å²) in [5.74, 6) is 1.21. The molecule has 0 atom stereocenters. The maximum absolute atomic E-state index is 9.77. The van der Waals surface area contributed by atoms with Crippen LogP contribution in [-0.4, -0.2) is 16.6 Å². The first kappa shape index (κ1) is 14.3. The van der Waals surface area contributed by atoms with Gasteiger partial charge in [-0.3, -0.25) is 0 Å². The Labute approximate surface area is 140 Å². The summed E-state index contributed by atoms with van der Waals surface area (Å²) in [6.07, 6.45) is 2.08. The van der Waals surface area contributed by atoms with Crippen molar-refractivity contribution in [3.63, 3.8) is 0 Å². The molecule has 0 saturated heterocycles. The lowest BCUT2D eigenvalue weighted by atomic mass is 10.0. The van der Waals surface area contributed by atoms with Gasteiger partial charge in [0.2, 0.25) is 0 Å². The number of aromatic hydroxyl groups is 1. The maximum Gasteiger partial charge on any atom is 0.131 e. The standard InChI is InChI=1S/C19H17ClN2O/c20-17-11-19(21-18-6-2-1-5-16(17)18)22-9-3-4-13-7-8-15(23)10-14(13)12-22/h1-2,5-8,10-11,23H,3-4,9,12H2. The van der Waals surface area contributed by atoms with E-state index in [9.17, 15) is 5.11 Å². The Kier molecular flexibility index (Phi) is 3.58. The highest BCUT2D eigenvalue weighted by atomic mass is 35.5. The highest BCUT2D eigenvalue weighted by Crippen LogP contribution is 2.30. The minimum atomic E-state index is 0.315. The van der Waals surface area contributed by atoms with Crippen LogP contribution in [0.5, 0.6) is 5.75 Å². The SMILES string of the molecule is Oc1ccc2c(c1)CN(c1cc(Cl)c3ccccc3n1)CCC2. The molecular formula is C19H17ClN2O. The van der Waals surface area contributed by atoms with Crippen molar-refractivity contribution in [2.24, 2.45) is 0 Å². The third-order valence-corrected chi connectivity index (χ3v) is 4.71. The second-order valence-electron chi connectivity index (χ2n) is 5.96. The van der Waals surface area contributed by atoms with Gasteiger partial charge >= 0.3 is 0 Å². The number of hydrogen-bond acceptors (Lipinski definition) is 3. The second-order valence-corrected chi connectivity index (χ2v) is 6.36. The molecule has 23 heavy (non-hydrogen) atoms. The molecule has 0 bridgehead atoms. The number of halogens is 1. The van der Waals surface area contributed by atoms with Gasteiger partial charge in [-0.15, -0.1) is 0 Å². The molecule has 1 aliphatic rings. The van der Waals surface area contributed by atoms with E-state index in [1.165, 1.54) is 5.56 Å². The number of fused-ring (bicyclic) bond motifs is 2. The molecule has 0 aliphatic carbocycles. The fourth-order valence-electron chi connectivity index (χ4n) is 3.23. The Balaban J connectivity index is 1.75. The lowest BCUT2D eigenvalue weighted by Gasteiger charge is -2.23. The summed E-state index contributed by atoms with van der Waals surface area (Å²) in [6.45, 7) is 1.67. The zero-order valence-electron chi connectivity index (χ0n) is 12.7. The van der Waals surface area contributed by atoms with Crippen molar-refractivity contribution in [3.05, 3.63) is 64.7 Å². The van der Waals surface area contributed by atoms with Gasteiger partial charge < -0.3 is 10.0 Å². The second kappa shape index (κ2) is 5.74. The van der Waals surface area contributed by atoms with Crippen LogP contribution in [-0.2, 0) is 13.0 Å². The molecule has 0 saturated carbocycles. The lowest BCUT2D eigenvalue weighted by molar-refractivity contribution is 0.474. The summed E-state index contributed by atoms with van der Waals surface area (Å²) in [4.78, 5) is 7.02. The zero-order chi connectivity index (χ0) is 15.8. The van der Waals surface area contributed by atoms with Crippen LogP contribution in [0.3, 0.4) is 0 Å². The van der Waals surface area contributed by atoms with E-state index < -0.39 is 0 Å². The van der Waals surface area contributed by atoms with Crippen molar-refractivity contribution in [3.8, 4) is 5.75 Å². The number of benzene rings is 2. The van der Waals surface area contributed by atoms with Crippen LogP contribution in [0.4, 0.5) is 5.82 Å². The molecule has 0 amide bonds. The van der Waals surface area contributed by atoms with Crippen molar-refractivity contribution in [2.45, 2.75) is 19.4 Å². The van der Waals surface area contributed by atoms with Gasteiger partial charge in [-0.05, 0) is 48.2 Å². The largest absolute Gasteiger partial charge is 0.508 e. The van der Waals surface area contributed by atoms with E-state index in [2.05, 4.69) is 4.90 Å². The Hall–Kier alpha value is -2.26. The Bertz CT molecular complexity index is 878. The predicted molar refractivity (Wildman–Crippen MR) is 94.2 cm³/mol. The van der Waals surface area contributed by atoms with E-state index in [4.69, 9.17) is 16.6 Å². The van der Waals surface area contributed by atoms with Crippen LogP contribution in [0.1, 0.15) is 17.5 Å². The Morgan fingerprint density at radius 3 is 2.83 bits per heavy atom. The smallest absolute Gasteiger partial charge is 0.131 e. The van der Waals surface area contributed by atoms with Gasteiger partial charge in [-0.1, -0.05) is 35.9 Å². The Morgan fingerprint density at radius 2 is 1.91 bits per heavy atom. The quantitative estimate of drug-likeness (QED) is 0.713. The molecular weight excluding hydrogens is 308 g/mol. The number of phenolic OH excluding ortho intramolecular Hbond substituents is 1. The van der Waals surface area contributed by atoms with Crippen LogP contribution in [0, 0.1) is 0 Å². The van der Waals surface area contributed by atoms with Gasteiger partial charge in [0.1, 0.15) is 11.6 Å². The normalized spacial score (nSPS) is 14.6. The number of rotatable bonds is 1. The first-order valence-corrected chi connectivity index (χ1v) is 8.19. The fraction of sp³-hybridized carbons (Fsp3) is 0.211. The fourth-order valence-corrected chi connectivity index (χ4v) is 3.48. The molecule has 4 rings (SSSR count). The minimum Gasteiger partial charge on any atom is -0.508 e. The molecule has 2 aromatic carbocycles. The maximum atomic E-state index is 9.77. The van der Waals surface area contributed by atoms with Crippen molar-refractivity contribution in [1.29, 1.82) is 0 Å². The van der Waals surface area contributed by atoms with Gasteiger partial charge in [0.05, 0.1) is 10.5 Å². The third kappa shape index (κ3) is 2.73. The predicted octanol–water partition coefficient (Wildman–Crippen LogP) is 4.55. The zero-order valence-corrected chi connectivity index (χ0v) is 13.4. The van der Waals surface area contributed by atoms with Crippen LogP contribution < -0.4 is 4.90 Å². The molecule has 0 radical (unpaired) electrons. The summed E-state index contributed by atoms with van der Waals surface area (Å²) in [5, 5.41) is 11.5. The average Bonchev–Trinajstić information content (AvgIpc) is 2.76. The molecule has 1 aromatic heterocycles. The third-order valence-electron chi connectivity index (χ3n) is 4.40. The number of phenols is 1. The highest BCUT2D eigenvalue weighted by molar-refractivity contribution is 6.35. The number of aryl methyl sites for hydroxylation is 1. The summed E-state index contributed by atoms with van der Waals surface area (Å²) in [7, 11) is 0. The summed E-state index contributed by atoms with van der Waals surface area (Å²) >= 11 is 6.44. The number of pyridine rings is 1. The molecule has 3 nitrogen and oxygen atoms in total. The first-order valence-electron chi connectivity index (χ1n) is 7.82. The molecule has 1 aliphatic heterocycles. The van der Waals surface area contributed by atoms with Crippen LogP contribution in [0.2, 0.25) is 5.02 Å². The van der Waals surface area contributed by atoms with E-state index in [-0.39, 0.29) is 0 Å². The summed E-state index contributed by atoms with van der Waals surface area (Å²) < 4.78 is 0. The molecule has 116 valence electrons. The van der Waals surface area contributed by atoms with E-state index in [0.29, 0.717) is 5.75 Å². The Morgan fingerprint density at radius 1 is 1.04 bits per heavy atom. The first-order chi connectivity index (χ1) is 11.2. The van der Waals surface area contributed by atoms with Gasteiger partial charge in [-0.25, -0.2) is 4.98 Å². The van der Waals surface area contributed by atoms with Gasteiger partial charge in [0.15, 0.2) is 0 Å².